The first-order valence-electron chi connectivity index (χ1n) is 5.07. The third-order valence-electron chi connectivity index (χ3n) is 2.70. The summed E-state index contributed by atoms with van der Waals surface area (Å²) < 4.78 is 51.5. The van der Waals surface area contributed by atoms with Crippen LogP contribution >= 0.6 is 11.6 Å². The van der Waals surface area contributed by atoms with E-state index in [9.17, 15) is 17.6 Å². The van der Waals surface area contributed by atoms with Crippen LogP contribution in [0.5, 0.6) is 0 Å². The van der Waals surface area contributed by atoms with Gasteiger partial charge in [0.05, 0.1) is 5.52 Å². The highest BCUT2D eigenvalue weighted by atomic mass is 35.5. The van der Waals surface area contributed by atoms with Crippen molar-refractivity contribution in [2.45, 2.75) is 19.8 Å². The van der Waals surface area contributed by atoms with Gasteiger partial charge in [0.15, 0.2) is 0 Å². The van der Waals surface area contributed by atoms with Crippen LogP contribution in [0.3, 0.4) is 0 Å². The van der Waals surface area contributed by atoms with Crippen molar-refractivity contribution in [2.75, 3.05) is 0 Å². The standard InChI is InChI=1S/C12H8ClF4N/c1-5-9(11(14)15)7-4-6(13)2-3-8(7)18-10(5)12(16)17/h2-4,11-12H,1H3. The van der Waals surface area contributed by atoms with Crippen molar-refractivity contribution in [3.8, 4) is 0 Å². The van der Waals surface area contributed by atoms with Gasteiger partial charge in [-0.1, -0.05) is 11.6 Å². The maximum absolute atomic E-state index is 13.0. The van der Waals surface area contributed by atoms with Crippen LogP contribution in [-0.4, -0.2) is 4.98 Å². The van der Waals surface area contributed by atoms with Crippen LogP contribution in [0.2, 0.25) is 5.02 Å². The van der Waals surface area contributed by atoms with Crippen molar-refractivity contribution < 1.29 is 17.6 Å². The number of fused-ring (bicyclic) bond motifs is 1. The second-order valence-electron chi connectivity index (χ2n) is 3.80. The molecule has 0 unspecified atom stereocenters. The Bertz CT molecular complexity index is 598. The van der Waals surface area contributed by atoms with Crippen LogP contribution in [0.15, 0.2) is 18.2 Å². The van der Waals surface area contributed by atoms with E-state index in [0.717, 1.165) is 0 Å². The average molecular weight is 278 g/mol. The van der Waals surface area contributed by atoms with E-state index < -0.39 is 24.1 Å². The molecule has 0 bridgehead atoms. The van der Waals surface area contributed by atoms with Gasteiger partial charge in [0.1, 0.15) is 5.69 Å². The lowest BCUT2D eigenvalue weighted by Gasteiger charge is -2.13. The van der Waals surface area contributed by atoms with Gasteiger partial charge in [0.2, 0.25) is 0 Å². The third kappa shape index (κ3) is 2.14. The highest BCUT2D eigenvalue weighted by Gasteiger charge is 2.23. The molecule has 0 saturated heterocycles. The minimum absolute atomic E-state index is 0.0931. The number of pyridine rings is 1. The molecule has 2 rings (SSSR count). The topological polar surface area (TPSA) is 12.9 Å². The summed E-state index contributed by atoms with van der Waals surface area (Å²) in [7, 11) is 0. The van der Waals surface area contributed by atoms with E-state index in [-0.39, 0.29) is 21.5 Å². The Morgan fingerprint density at radius 1 is 1.11 bits per heavy atom. The lowest BCUT2D eigenvalue weighted by Crippen LogP contribution is -2.02. The molecule has 0 spiro atoms. The van der Waals surface area contributed by atoms with Gasteiger partial charge in [-0.05, 0) is 30.7 Å². The molecule has 1 aromatic carbocycles. The molecule has 0 radical (unpaired) electrons. The zero-order valence-electron chi connectivity index (χ0n) is 9.22. The molecule has 0 N–H and O–H groups in total. The fourth-order valence-corrected chi connectivity index (χ4v) is 2.04. The first kappa shape index (κ1) is 13.1. The zero-order chi connectivity index (χ0) is 13.4. The van der Waals surface area contributed by atoms with Gasteiger partial charge in [-0.25, -0.2) is 22.5 Å². The van der Waals surface area contributed by atoms with Gasteiger partial charge in [0.25, 0.3) is 12.9 Å². The Labute approximate surface area is 105 Å². The van der Waals surface area contributed by atoms with Gasteiger partial charge in [0, 0.05) is 16.0 Å². The number of hydrogen-bond donors (Lipinski definition) is 0. The Morgan fingerprint density at radius 2 is 1.78 bits per heavy atom. The molecular weight excluding hydrogens is 270 g/mol. The Kier molecular flexibility index (Phi) is 3.43. The molecule has 0 atom stereocenters. The summed E-state index contributed by atoms with van der Waals surface area (Å²) in [5.41, 5.74) is -1.14. The number of rotatable bonds is 2. The first-order chi connectivity index (χ1) is 8.41. The van der Waals surface area contributed by atoms with E-state index in [2.05, 4.69) is 4.98 Å². The monoisotopic (exact) mass is 277 g/mol. The van der Waals surface area contributed by atoms with Gasteiger partial charge >= 0.3 is 0 Å². The molecule has 0 aliphatic rings. The fourth-order valence-electron chi connectivity index (χ4n) is 1.87. The third-order valence-corrected chi connectivity index (χ3v) is 2.94. The van der Waals surface area contributed by atoms with Crippen molar-refractivity contribution in [1.82, 2.24) is 4.98 Å². The fraction of sp³-hybridized carbons (Fsp3) is 0.250. The largest absolute Gasteiger partial charge is 0.280 e. The number of alkyl halides is 4. The highest BCUT2D eigenvalue weighted by Crippen LogP contribution is 2.35. The summed E-state index contributed by atoms with van der Waals surface area (Å²) >= 11 is 5.73. The summed E-state index contributed by atoms with van der Waals surface area (Å²) in [6.07, 6.45) is -5.74. The number of aromatic nitrogens is 1. The van der Waals surface area contributed by atoms with Crippen molar-refractivity contribution in [3.05, 3.63) is 40.0 Å². The second-order valence-corrected chi connectivity index (χ2v) is 4.24. The minimum Gasteiger partial charge on any atom is -0.247 e. The number of benzene rings is 1. The second kappa shape index (κ2) is 4.72. The quantitative estimate of drug-likeness (QED) is 0.698. The molecule has 2 aromatic rings. The smallest absolute Gasteiger partial charge is 0.247 e. The van der Waals surface area contributed by atoms with Crippen molar-refractivity contribution in [2.24, 2.45) is 0 Å². The minimum atomic E-state index is -2.89. The summed E-state index contributed by atoms with van der Waals surface area (Å²) in [5.74, 6) is 0. The molecule has 18 heavy (non-hydrogen) atoms. The van der Waals surface area contributed by atoms with Gasteiger partial charge in [-0.2, -0.15) is 0 Å². The molecule has 6 heteroatoms. The van der Waals surface area contributed by atoms with E-state index in [1.54, 1.807) is 0 Å². The Balaban J connectivity index is 2.88. The molecule has 0 amide bonds. The predicted molar refractivity (Wildman–Crippen MR) is 61.4 cm³/mol. The number of hydrogen-bond acceptors (Lipinski definition) is 1. The van der Waals surface area contributed by atoms with Crippen LogP contribution in [-0.2, 0) is 0 Å². The van der Waals surface area contributed by atoms with Crippen LogP contribution in [0.4, 0.5) is 17.6 Å². The molecule has 0 saturated carbocycles. The van der Waals surface area contributed by atoms with Crippen LogP contribution in [0.1, 0.15) is 29.7 Å². The average Bonchev–Trinajstić information content (AvgIpc) is 2.26. The molecule has 1 aromatic heterocycles. The van der Waals surface area contributed by atoms with Crippen LogP contribution in [0, 0.1) is 6.92 Å². The van der Waals surface area contributed by atoms with E-state index in [1.807, 2.05) is 0 Å². The van der Waals surface area contributed by atoms with Crippen LogP contribution in [0.25, 0.3) is 10.9 Å². The summed E-state index contributed by atoms with van der Waals surface area (Å²) in [6.45, 7) is 1.22. The van der Waals surface area contributed by atoms with Gasteiger partial charge in [-0.15, -0.1) is 0 Å². The molecule has 1 heterocycles. The molecule has 96 valence electrons. The van der Waals surface area contributed by atoms with Gasteiger partial charge in [-0.3, -0.25) is 0 Å². The van der Waals surface area contributed by atoms with Crippen LogP contribution < -0.4 is 0 Å². The van der Waals surface area contributed by atoms with Crippen molar-refractivity contribution >= 4 is 22.5 Å². The van der Waals surface area contributed by atoms with E-state index in [1.165, 1.54) is 25.1 Å². The Morgan fingerprint density at radius 3 is 2.33 bits per heavy atom. The zero-order valence-corrected chi connectivity index (χ0v) is 9.98. The first-order valence-corrected chi connectivity index (χ1v) is 5.45. The predicted octanol–water partition coefficient (Wildman–Crippen LogP) is 5.07. The maximum atomic E-state index is 13.0. The maximum Gasteiger partial charge on any atom is 0.280 e. The molecular formula is C12H8ClF4N. The SMILES string of the molecule is Cc1c(C(F)F)nc2ccc(Cl)cc2c1C(F)F. The molecule has 0 aliphatic carbocycles. The lowest BCUT2D eigenvalue weighted by molar-refractivity contribution is 0.140. The summed E-state index contributed by atoms with van der Waals surface area (Å²) in [4.78, 5) is 3.72. The molecule has 0 aliphatic heterocycles. The van der Waals surface area contributed by atoms with Crippen molar-refractivity contribution in [3.63, 3.8) is 0 Å². The van der Waals surface area contributed by atoms with E-state index in [0.29, 0.717) is 0 Å². The van der Waals surface area contributed by atoms with E-state index in [4.69, 9.17) is 11.6 Å². The lowest BCUT2D eigenvalue weighted by atomic mass is 10.0. The summed E-state index contributed by atoms with van der Waals surface area (Å²) in [6, 6.07) is 4.10. The number of halogens is 5. The summed E-state index contributed by atoms with van der Waals surface area (Å²) in [5, 5.41) is 0.370. The Hall–Kier alpha value is -1.36. The highest BCUT2D eigenvalue weighted by molar-refractivity contribution is 6.31. The number of nitrogens with zero attached hydrogens (tertiary/aromatic N) is 1. The normalized spacial score (nSPS) is 11.8. The molecule has 1 nitrogen and oxygen atoms in total. The molecule has 0 fully saturated rings. The van der Waals surface area contributed by atoms with Crippen molar-refractivity contribution in [1.29, 1.82) is 0 Å². The van der Waals surface area contributed by atoms with E-state index >= 15 is 0 Å². The van der Waals surface area contributed by atoms with Gasteiger partial charge < -0.3 is 0 Å².